The zero-order chi connectivity index (χ0) is 9.10. The molecule has 0 aromatic carbocycles. The molecule has 0 aliphatic carbocycles. The zero-order valence-corrected chi connectivity index (χ0v) is 8.38. The lowest BCUT2D eigenvalue weighted by Gasteiger charge is -2.20. The van der Waals surface area contributed by atoms with Gasteiger partial charge >= 0.3 is 0 Å². The molecule has 0 unspecified atom stereocenters. The van der Waals surface area contributed by atoms with Crippen LogP contribution in [0.15, 0.2) is 12.4 Å². The van der Waals surface area contributed by atoms with Gasteiger partial charge in [0, 0.05) is 31.8 Å². The van der Waals surface area contributed by atoms with Crippen LogP contribution in [0.2, 0.25) is 0 Å². The summed E-state index contributed by atoms with van der Waals surface area (Å²) in [6.07, 6.45) is 3.65. The highest BCUT2D eigenvalue weighted by atomic mass is 32.2. The first-order valence-electron chi connectivity index (χ1n) is 4.25. The minimum absolute atomic E-state index is 0.343. The van der Waals surface area contributed by atoms with Gasteiger partial charge in [-0.15, -0.1) is 11.8 Å². The van der Waals surface area contributed by atoms with E-state index < -0.39 is 0 Å². The van der Waals surface area contributed by atoms with Crippen LogP contribution in [0.3, 0.4) is 0 Å². The molecule has 1 aliphatic rings. The minimum atomic E-state index is 0.343. The van der Waals surface area contributed by atoms with Crippen LogP contribution in [-0.2, 0) is 4.74 Å². The Morgan fingerprint density at radius 3 is 3.46 bits per heavy atom. The van der Waals surface area contributed by atoms with Crippen LogP contribution < -0.4 is 0 Å². The van der Waals surface area contributed by atoms with Gasteiger partial charge in [-0.1, -0.05) is 0 Å². The van der Waals surface area contributed by atoms with E-state index in [9.17, 15) is 0 Å². The maximum absolute atomic E-state index is 5.12. The van der Waals surface area contributed by atoms with E-state index in [0.717, 1.165) is 18.1 Å². The number of hydrogen-bond donors (Lipinski definition) is 1. The van der Waals surface area contributed by atoms with Crippen molar-refractivity contribution in [2.45, 2.75) is 5.37 Å². The minimum Gasteiger partial charge on any atom is -0.369 e. The molecule has 2 rings (SSSR count). The lowest BCUT2D eigenvalue weighted by Crippen LogP contribution is -2.25. The molecule has 0 saturated carbocycles. The smallest absolute Gasteiger partial charge is 0.133 e. The molecule has 72 valence electrons. The normalized spacial score (nSPS) is 23.9. The summed E-state index contributed by atoms with van der Waals surface area (Å²) >= 11 is 1.90. The van der Waals surface area contributed by atoms with E-state index in [-0.39, 0.29) is 0 Å². The molecule has 1 saturated heterocycles. The van der Waals surface area contributed by atoms with Crippen LogP contribution in [0.25, 0.3) is 0 Å². The summed E-state index contributed by atoms with van der Waals surface area (Å²) in [5, 5.41) is 0.343. The van der Waals surface area contributed by atoms with Crippen molar-refractivity contribution in [3.63, 3.8) is 0 Å². The number of thioether (sulfide) groups is 1. The van der Waals surface area contributed by atoms with E-state index in [1.807, 2.05) is 18.0 Å². The Hall–Kier alpha value is -0.520. The van der Waals surface area contributed by atoms with E-state index in [2.05, 4.69) is 14.9 Å². The highest BCUT2D eigenvalue weighted by Gasteiger charge is 2.27. The third-order valence-electron chi connectivity index (χ3n) is 2.03. The molecule has 1 fully saturated rings. The topological polar surface area (TPSA) is 41.1 Å². The van der Waals surface area contributed by atoms with Crippen molar-refractivity contribution in [2.24, 2.45) is 0 Å². The summed E-state index contributed by atoms with van der Waals surface area (Å²) < 4.78 is 5.12. The average molecular weight is 199 g/mol. The molecular formula is C8H13N3OS. The number of methoxy groups -OCH3 is 1. The van der Waals surface area contributed by atoms with Gasteiger partial charge in [0.2, 0.25) is 0 Å². The SMILES string of the molecule is COCN1CCS[C@H]1c1ncc[nH]1. The quantitative estimate of drug-likeness (QED) is 0.790. The van der Waals surface area contributed by atoms with Gasteiger partial charge in [-0.2, -0.15) is 0 Å². The standard InChI is InChI=1S/C8H13N3OS/c1-12-6-11-4-5-13-8(11)7-9-2-3-10-7/h2-3,8H,4-6H2,1H3,(H,9,10)/t8-/m0/s1. The second-order valence-corrected chi connectivity index (χ2v) is 4.12. The first-order chi connectivity index (χ1) is 6.42. The lowest BCUT2D eigenvalue weighted by molar-refractivity contribution is 0.0637. The van der Waals surface area contributed by atoms with Crippen molar-refractivity contribution in [1.29, 1.82) is 0 Å². The molecule has 5 heteroatoms. The predicted molar refractivity (Wildman–Crippen MR) is 52.4 cm³/mol. The summed E-state index contributed by atoms with van der Waals surface area (Å²) in [5.74, 6) is 2.17. The first kappa shape index (κ1) is 9.05. The van der Waals surface area contributed by atoms with Gasteiger partial charge in [0.1, 0.15) is 11.2 Å². The molecule has 1 aromatic heterocycles. The van der Waals surface area contributed by atoms with Crippen LogP contribution in [0.1, 0.15) is 11.2 Å². The van der Waals surface area contributed by atoms with Crippen LogP contribution in [0.5, 0.6) is 0 Å². The highest BCUT2D eigenvalue weighted by molar-refractivity contribution is 7.99. The fourth-order valence-corrected chi connectivity index (χ4v) is 2.69. The van der Waals surface area contributed by atoms with Crippen LogP contribution in [-0.4, -0.2) is 41.0 Å². The van der Waals surface area contributed by atoms with Crippen molar-refractivity contribution < 1.29 is 4.74 Å². The van der Waals surface area contributed by atoms with Gasteiger partial charge in [-0.25, -0.2) is 4.98 Å². The second-order valence-electron chi connectivity index (χ2n) is 2.93. The number of hydrogen-bond acceptors (Lipinski definition) is 4. The second kappa shape index (κ2) is 4.13. The van der Waals surface area contributed by atoms with Crippen LogP contribution >= 0.6 is 11.8 Å². The van der Waals surface area contributed by atoms with E-state index in [1.54, 1.807) is 13.3 Å². The maximum atomic E-state index is 5.12. The Morgan fingerprint density at radius 1 is 1.85 bits per heavy atom. The molecule has 1 aliphatic heterocycles. The van der Waals surface area contributed by atoms with Crippen molar-refractivity contribution >= 4 is 11.8 Å². The van der Waals surface area contributed by atoms with Gasteiger partial charge in [-0.05, 0) is 0 Å². The van der Waals surface area contributed by atoms with E-state index in [0.29, 0.717) is 12.1 Å². The molecule has 0 spiro atoms. The fourth-order valence-electron chi connectivity index (χ4n) is 1.47. The number of nitrogens with one attached hydrogen (secondary N) is 1. The lowest BCUT2D eigenvalue weighted by atomic mass is 10.5. The molecule has 2 heterocycles. The summed E-state index contributed by atoms with van der Waals surface area (Å²) in [7, 11) is 1.72. The number of H-pyrrole nitrogens is 1. The van der Waals surface area contributed by atoms with Crippen molar-refractivity contribution in [1.82, 2.24) is 14.9 Å². The number of aromatic nitrogens is 2. The molecule has 1 atom stereocenters. The average Bonchev–Trinajstić information content (AvgIpc) is 2.71. The highest BCUT2D eigenvalue weighted by Crippen LogP contribution is 2.35. The molecule has 4 nitrogen and oxygen atoms in total. The third kappa shape index (κ3) is 1.87. The molecule has 0 radical (unpaired) electrons. The maximum Gasteiger partial charge on any atom is 0.133 e. The zero-order valence-electron chi connectivity index (χ0n) is 7.56. The van der Waals surface area contributed by atoms with Crippen LogP contribution in [0, 0.1) is 0 Å². The number of ether oxygens (including phenoxy) is 1. The molecule has 1 N–H and O–H groups in total. The number of imidazole rings is 1. The summed E-state index contributed by atoms with van der Waals surface area (Å²) in [6.45, 7) is 1.75. The van der Waals surface area contributed by atoms with E-state index >= 15 is 0 Å². The van der Waals surface area contributed by atoms with Crippen molar-refractivity contribution in [2.75, 3.05) is 26.1 Å². The number of rotatable bonds is 3. The Bertz CT molecular complexity index is 252. The number of nitrogens with zero attached hydrogens (tertiary/aromatic N) is 2. The summed E-state index contributed by atoms with van der Waals surface area (Å²) in [6, 6.07) is 0. The van der Waals surface area contributed by atoms with Crippen molar-refractivity contribution in [3.05, 3.63) is 18.2 Å². The monoisotopic (exact) mass is 199 g/mol. The Labute approximate surface area is 81.7 Å². The first-order valence-corrected chi connectivity index (χ1v) is 5.30. The molecule has 1 aromatic rings. The largest absolute Gasteiger partial charge is 0.369 e. The predicted octanol–water partition coefficient (Wildman–Crippen LogP) is 1.06. The van der Waals surface area contributed by atoms with Gasteiger partial charge in [0.05, 0.1) is 6.73 Å². The third-order valence-corrected chi connectivity index (χ3v) is 3.29. The Morgan fingerprint density at radius 2 is 2.77 bits per heavy atom. The molecular weight excluding hydrogens is 186 g/mol. The van der Waals surface area contributed by atoms with Gasteiger partial charge in [0.25, 0.3) is 0 Å². The molecule has 13 heavy (non-hydrogen) atoms. The summed E-state index contributed by atoms with van der Waals surface area (Å²) in [4.78, 5) is 9.66. The Kier molecular flexibility index (Phi) is 2.87. The molecule has 0 amide bonds. The van der Waals surface area contributed by atoms with E-state index in [4.69, 9.17) is 4.74 Å². The Balaban J connectivity index is 2.05. The summed E-state index contributed by atoms with van der Waals surface area (Å²) in [5.41, 5.74) is 0. The van der Waals surface area contributed by atoms with Crippen LogP contribution in [0.4, 0.5) is 0 Å². The van der Waals surface area contributed by atoms with Gasteiger partial charge in [0.15, 0.2) is 0 Å². The van der Waals surface area contributed by atoms with Crippen molar-refractivity contribution in [3.8, 4) is 0 Å². The number of aromatic amines is 1. The fraction of sp³-hybridized carbons (Fsp3) is 0.625. The molecule has 0 bridgehead atoms. The van der Waals surface area contributed by atoms with E-state index in [1.165, 1.54) is 0 Å². The van der Waals surface area contributed by atoms with Gasteiger partial charge in [-0.3, -0.25) is 4.90 Å². The van der Waals surface area contributed by atoms with Gasteiger partial charge < -0.3 is 9.72 Å².